The summed E-state index contributed by atoms with van der Waals surface area (Å²) >= 11 is 1.80. The van der Waals surface area contributed by atoms with E-state index in [4.69, 9.17) is 0 Å². The maximum atomic E-state index is 4.38. The number of thioether (sulfide) groups is 1. The van der Waals surface area contributed by atoms with Crippen molar-refractivity contribution >= 4 is 16.9 Å². The number of rotatable bonds is 2. The third-order valence-corrected chi connectivity index (χ3v) is 3.66. The molecule has 13 heavy (non-hydrogen) atoms. The van der Waals surface area contributed by atoms with Gasteiger partial charge in [0.15, 0.2) is 5.17 Å². The fourth-order valence-electron chi connectivity index (χ4n) is 1.60. The Balaban J connectivity index is 2.13. The number of nitrogens with zero attached hydrogens (tertiary/aromatic N) is 2. The van der Waals surface area contributed by atoms with Crippen molar-refractivity contribution in [2.24, 2.45) is 5.10 Å². The average Bonchev–Trinajstić information content (AvgIpc) is 2.64. The van der Waals surface area contributed by atoms with Crippen LogP contribution in [-0.4, -0.2) is 28.1 Å². The minimum atomic E-state index is -0.0194. The summed E-state index contributed by atoms with van der Waals surface area (Å²) in [5.41, 5.74) is 6.70. The minimum Gasteiger partial charge on any atom is -0.286 e. The number of hydrazone groups is 1. The van der Waals surface area contributed by atoms with Crippen LogP contribution in [0.15, 0.2) is 5.10 Å². The average molecular weight is 200 g/mol. The molecule has 0 unspecified atom stereocenters. The predicted molar refractivity (Wildman–Crippen MR) is 56.2 cm³/mol. The topological polar surface area (TPSA) is 39.7 Å². The molecule has 2 heterocycles. The number of hydrazine groups is 1. The number of hydrogen-bond acceptors (Lipinski definition) is 5. The summed E-state index contributed by atoms with van der Waals surface area (Å²) in [6.07, 6.45) is 2.09. The van der Waals surface area contributed by atoms with E-state index in [0.29, 0.717) is 0 Å². The molecule has 0 atom stereocenters. The molecule has 0 spiro atoms. The third kappa shape index (κ3) is 1.50. The van der Waals surface area contributed by atoms with E-state index in [2.05, 4.69) is 34.8 Å². The second kappa shape index (κ2) is 3.38. The first-order valence-electron chi connectivity index (χ1n) is 4.82. The van der Waals surface area contributed by atoms with E-state index in [1.54, 1.807) is 11.8 Å². The Hall–Kier alpha value is -0.420. The molecule has 0 saturated carbocycles. The summed E-state index contributed by atoms with van der Waals surface area (Å²) in [4.78, 5) is 0. The molecule has 0 aromatic carbocycles. The summed E-state index contributed by atoms with van der Waals surface area (Å²) in [5.74, 6) is 1.14. The maximum absolute atomic E-state index is 4.38. The first kappa shape index (κ1) is 9.15. The molecule has 4 nitrogen and oxygen atoms in total. The van der Waals surface area contributed by atoms with Gasteiger partial charge in [-0.05, 0) is 12.8 Å². The Morgan fingerprint density at radius 2 is 2.31 bits per heavy atom. The monoisotopic (exact) mass is 200 g/mol. The lowest BCUT2D eigenvalue weighted by atomic mass is 10.1. The maximum Gasteiger partial charge on any atom is 0.197 e. The zero-order valence-electron chi connectivity index (χ0n) is 8.13. The van der Waals surface area contributed by atoms with Gasteiger partial charge in [0.25, 0.3) is 0 Å². The second-order valence-electron chi connectivity index (χ2n) is 3.41. The highest BCUT2D eigenvalue weighted by Crippen LogP contribution is 2.23. The Bertz CT molecular complexity index is 224. The van der Waals surface area contributed by atoms with Crippen LogP contribution in [0.3, 0.4) is 0 Å². The van der Waals surface area contributed by atoms with Gasteiger partial charge in [0.2, 0.25) is 0 Å². The van der Waals surface area contributed by atoms with Gasteiger partial charge in [0, 0.05) is 12.3 Å². The van der Waals surface area contributed by atoms with E-state index >= 15 is 0 Å². The molecule has 0 amide bonds. The van der Waals surface area contributed by atoms with Gasteiger partial charge >= 0.3 is 0 Å². The molecule has 74 valence electrons. The van der Waals surface area contributed by atoms with Crippen molar-refractivity contribution in [3.63, 3.8) is 0 Å². The molecule has 1 fully saturated rings. The fraction of sp³-hybridized carbons (Fsp3) is 0.875. The SMILES string of the molecule is CCC1(CC)NN=C2SCCN2N1. The number of amidine groups is 1. The quantitative estimate of drug-likeness (QED) is 0.695. The van der Waals surface area contributed by atoms with Crippen LogP contribution >= 0.6 is 11.8 Å². The molecular formula is C8H16N4S. The van der Waals surface area contributed by atoms with Gasteiger partial charge in [-0.2, -0.15) is 5.10 Å². The van der Waals surface area contributed by atoms with Gasteiger partial charge in [0.1, 0.15) is 5.66 Å². The molecule has 0 aliphatic carbocycles. The van der Waals surface area contributed by atoms with Gasteiger partial charge < -0.3 is 0 Å². The summed E-state index contributed by atoms with van der Waals surface area (Å²) < 4.78 is 0. The molecule has 0 bridgehead atoms. The Morgan fingerprint density at radius 3 is 3.00 bits per heavy atom. The lowest BCUT2D eigenvalue weighted by molar-refractivity contribution is 0.119. The Kier molecular flexibility index (Phi) is 2.38. The van der Waals surface area contributed by atoms with Crippen LogP contribution in [0, 0.1) is 0 Å². The van der Waals surface area contributed by atoms with Crippen molar-refractivity contribution in [1.29, 1.82) is 0 Å². The minimum absolute atomic E-state index is 0.0194. The van der Waals surface area contributed by atoms with Crippen molar-refractivity contribution in [2.75, 3.05) is 12.3 Å². The number of fused-ring (bicyclic) bond motifs is 1. The zero-order valence-corrected chi connectivity index (χ0v) is 8.95. The second-order valence-corrected chi connectivity index (χ2v) is 4.47. The Morgan fingerprint density at radius 1 is 1.54 bits per heavy atom. The third-order valence-electron chi connectivity index (χ3n) is 2.70. The van der Waals surface area contributed by atoms with Gasteiger partial charge in [-0.1, -0.05) is 25.6 Å². The largest absolute Gasteiger partial charge is 0.286 e. The first-order valence-corrected chi connectivity index (χ1v) is 5.81. The van der Waals surface area contributed by atoms with E-state index in [1.807, 2.05) is 0 Å². The van der Waals surface area contributed by atoms with Crippen LogP contribution < -0.4 is 10.9 Å². The van der Waals surface area contributed by atoms with E-state index in [0.717, 1.165) is 30.3 Å². The lowest BCUT2D eigenvalue weighted by Gasteiger charge is -2.40. The molecule has 0 radical (unpaired) electrons. The summed E-state index contributed by atoms with van der Waals surface area (Å²) in [7, 11) is 0. The van der Waals surface area contributed by atoms with Crippen molar-refractivity contribution in [3.8, 4) is 0 Å². The van der Waals surface area contributed by atoms with Crippen LogP contribution in [0.4, 0.5) is 0 Å². The highest BCUT2D eigenvalue weighted by Gasteiger charge is 2.35. The van der Waals surface area contributed by atoms with Crippen LogP contribution in [0.5, 0.6) is 0 Å². The molecule has 0 aromatic heterocycles. The normalized spacial score (nSPS) is 25.1. The molecular weight excluding hydrogens is 184 g/mol. The van der Waals surface area contributed by atoms with Gasteiger partial charge in [-0.25, -0.2) is 5.43 Å². The Labute approximate surface area is 83.1 Å². The number of hydrogen-bond donors (Lipinski definition) is 2. The van der Waals surface area contributed by atoms with E-state index < -0.39 is 0 Å². The van der Waals surface area contributed by atoms with E-state index in [-0.39, 0.29) is 5.66 Å². The number of nitrogens with one attached hydrogen (secondary N) is 2. The van der Waals surface area contributed by atoms with Crippen LogP contribution in [0.2, 0.25) is 0 Å². The van der Waals surface area contributed by atoms with Gasteiger partial charge in [-0.3, -0.25) is 10.4 Å². The van der Waals surface area contributed by atoms with Crippen LogP contribution in [-0.2, 0) is 0 Å². The molecule has 0 aromatic rings. The molecule has 5 heteroatoms. The molecule has 2 rings (SSSR count). The van der Waals surface area contributed by atoms with Crippen molar-refractivity contribution < 1.29 is 0 Å². The van der Waals surface area contributed by atoms with Crippen molar-refractivity contribution in [2.45, 2.75) is 32.4 Å². The lowest BCUT2D eigenvalue weighted by Crippen LogP contribution is -2.64. The molecule has 2 aliphatic heterocycles. The molecule has 2 N–H and O–H groups in total. The highest BCUT2D eigenvalue weighted by molar-refractivity contribution is 8.14. The standard InChI is InChI=1S/C8H16N4S/c1-3-8(4-2)10-9-7-12(11-8)5-6-13-7/h10-11H,3-6H2,1-2H3. The van der Waals surface area contributed by atoms with E-state index in [9.17, 15) is 0 Å². The van der Waals surface area contributed by atoms with Crippen LogP contribution in [0.1, 0.15) is 26.7 Å². The van der Waals surface area contributed by atoms with Gasteiger partial charge in [-0.15, -0.1) is 0 Å². The van der Waals surface area contributed by atoms with Crippen LogP contribution in [0.25, 0.3) is 0 Å². The fourth-order valence-corrected chi connectivity index (χ4v) is 2.46. The summed E-state index contributed by atoms with van der Waals surface area (Å²) in [6, 6.07) is 0. The first-order chi connectivity index (χ1) is 6.29. The summed E-state index contributed by atoms with van der Waals surface area (Å²) in [5, 5.41) is 7.62. The zero-order chi connectivity index (χ0) is 9.31. The highest BCUT2D eigenvalue weighted by atomic mass is 32.2. The van der Waals surface area contributed by atoms with Gasteiger partial charge in [0.05, 0.1) is 0 Å². The molecule has 2 aliphatic rings. The molecule has 1 saturated heterocycles. The van der Waals surface area contributed by atoms with E-state index in [1.165, 1.54) is 0 Å². The van der Waals surface area contributed by atoms with Crippen molar-refractivity contribution in [3.05, 3.63) is 0 Å². The predicted octanol–water partition coefficient (Wildman–Crippen LogP) is 0.930. The van der Waals surface area contributed by atoms with Crippen molar-refractivity contribution in [1.82, 2.24) is 15.9 Å². The smallest absolute Gasteiger partial charge is 0.197 e. The summed E-state index contributed by atoms with van der Waals surface area (Å²) in [6.45, 7) is 5.41.